The van der Waals surface area contributed by atoms with E-state index in [9.17, 15) is 0 Å². The van der Waals surface area contributed by atoms with Crippen molar-refractivity contribution in [1.82, 2.24) is 0 Å². The van der Waals surface area contributed by atoms with Gasteiger partial charge >= 0.3 is 0 Å². The molecule has 0 heterocycles. The Hall–Kier alpha value is -0.670. The molecule has 1 unspecified atom stereocenters. The Bertz CT molecular complexity index is 352. The third-order valence-corrected chi connectivity index (χ3v) is 4.07. The molecule has 0 saturated heterocycles. The van der Waals surface area contributed by atoms with Crippen LogP contribution < -0.4 is 10.5 Å². The van der Waals surface area contributed by atoms with Crippen molar-refractivity contribution in [3.63, 3.8) is 0 Å². The van der Waals surface area contributed by atoms with E-state index >= 15 is 0 Å². The normalized spacial score (nSPS) is 12.6. The first-order chi connectivity index (χ1) is 7.58. The number of nitrogens with two attached hydrogens (primary N) is 1. The minimum Gasteiger partial charge on any atom is -0.496 e. The van der Waals surface area contributed by atoms with E-state index in [1.165, 1.54) is 16.0 Å². The van der Waals surface area contributed by atoms with Crippen LogP contribution in [0.5, 0.6) is 5.75 Å². The zero-order chi connectivity index (χ0) is 12.1. The highest BCUT2D eigenvalue weighted by Crippen LogP contribution is 2.32. The second-order valence-electron chi connectivity index (χ2n) is 4.24. The molecule has 0 bridgehead atoms. The number of rotatable bonds is 5. The molecule has 0 spiro atoms. The summed E-state index contributed by atoms with van der Waals surface area (Å²) >= 11 is 1.82. The summed E-state index contributed by atoms with van der Waals surface area (Å²) in [5.41, 5.74) is 8.20. The molecule has 1 atom stereocenters. The molecule has 16 heavy (non-hydrogen) atoms. The van der Waals surface area contributed by atoms with E-state index in [4.69, 9.17) is 10.5 Å². The number of ether oxygens (including phenoxy) is 1. The molecule has 0 amide bonds. The smallest absolute Gasteiger partial charge is 0.132 e. The molecule has 0 aromatic heterocycles. The van der Waals surface area contributed by atoms with Gasteiger partial charge in [0.15, 0.2) is 0 Å². The van der Waals surface area contributed by atoms with Crippen molar-refractivity contribution in [3.05, 3.63) is 23.3 Å². The first-order valence-corrected chi connectivity index (χ1v) is 6.55. The molecular formula is C13H21NOS. The van der Waals surface area contributed by atoms with Gasteiger partial charge in [-0.1, -0.05) is 6.92 Å². The Morgan fingerprint density at radius 2 is 1.94 bits per heavy atom. The van der Waals surface area contributed by atoms with Gasteiger partial charge in [-0.15, -0.1) is 11.8 Å². The SMILES string of the molecule is COc1cc(C)c(C)cc1SCC(C)CN. The summed E-state index contributed by atoms with van der Waals surface area (Å²) in [4.78, 5) is 1.21. The lowest BCUT2D eigenvalue weighted by molar-refractivity contribution is 0.404. The third-order valence-electron chi connectivity index (χ3n) is 2.71. The Morgan fingerprint density at radius 1 is 1.31 bits per heavy atom. The molecule has 0 saturated carbocycles. The monoisotopic (exact) mass is 239 g/mol. The summed E-state index contributed by atoms with van der Waals surface area (Å²) < 4.78 is 5.40. The Labute approximate surface area is 103 Å². The summed E-state index contributed by atoms with van der Waals surface area (Å²) in [5.74, 6) is 2.55. The molecule has 1 rings (SSSR count). The first-order valence-electron chi connectivity index (χ1n) is 5.56. The zero-order valence-corrected chi connectivity index (χ0v) is 11.4. The summed E-state index contributed by atoms with van der Waals surface area (Å²) in [7, 11) is 1.72. The standard InChI is InChI=1S/C13H21NOS/c1-9(7-14)8-16-13-6-11(3)10(2)5-12(13)15-4/h5-6,9H,7-8,14H2,1-4H3. The average Bonchev–Trinajstić information content (AvgIpc) is 2.29. The highest BCUT2D eigenvalue weighted by Gasteiger charge is 2.08. The molecule has 2 N–H and O–H groups in total. The van der Waals surface area contributed by atoms with Crippen LogP contribution in [0, 0.1) is 19.8 Å². The van der Waals surface area contributed by atoms with E-state index < -0.39 is 0 Å². The Balaban J connectivity index is 2.81. The molecule has 90 valence electrons. The van der Waals surface area contributed by atoms with Gasteiger partial charge in [-0.05, 0) is 49.6 Å². The minimum atomic E-state index is 0.538. The van der Waals surface area contributed by atoms with E-state index in [0.29, 0.717) is 5.92 Å². The predicted molar refractivity (Wildman–Crippen MR) is 71.4 cm³/mol. The largest absolute Gasteiger partial charge is 0.496 e. The average molecular weight is 239 g/mol. The van der Waals surface area contributed by atoms with Crippen LogP contribution in [0.3, 0.4) is 0 Å². The van der Waals surface area contributed by atoms with Crippen molar-refractivity contribution in [2.24, 2.45) is 11.7 Å². The quantitative estimate of drug-likeness (QED) is 0.802. The molecule has 2 nitrogen and oxygen atoms in total. The second kappa shape index (κ2) is 6.16. The number of hydrogen-bond acceptors (Lipinski definition) is 3. The van der Waals surface area contributed by atoms with Gasteiger partial charge in [0.1, 0.15) is 5.75 Å². The van der Waals surface area contributed by atoms with Crippen molar-refractivity contribution >= 4 is 11.8 Å². The first kappa shape index (κ1) is 13.4. The molecular weight excluding hydrogens is 218 g/mol. The number of aryl methyl sites for hydroxylation is 2. The maximum atomic E-state index is 5.62. The maximum Gasteiger partial charge on any atom is 0.132 e. The van der Waals surface area contributed by atoms with Crippen LogP contribution in [0.25, 0.3) is 0 Å². The molecule has 0 fully saturated rings. The summed E-state index contributed by atoms with van der Waals surface area (Å²) in [5, 5.41) is 0. The lowest BCUT2D eigenvalue weighted by Gasteiger charge is -2.13. The highest BCUT2D eigenvalue weighted by atomic mass is 32.2. The van der Waals surface area contributed by atoms with Gasteiger partial charge in [-0.2, -0.15) is 0 Å². The Kier molecular flexibility index (Phi) is 5.16. The van der Waals surface area contributed by atoms with Crippen molar-refractivity contribution in [2.75, 3.05) is 19.4 Å². The van der Waals surface area contributed by atoms with Crippen molar-refractivity contribution in [2.45, 2.75) is 25.7 Å². The van der Waals surface area contributed by atoms with Crippen LogP contribution in [0.15, 0.2) is 17.0 Å². The van der Waals surface area contributed by atoms with Crippen LogP contribution in [0.1, 0.15) is 18.1 Å². The van der Waals surface area contributed by atoms with Gasteiger partial charge < -0.3 is 10.5 Å². The van der Waals surface area contributed by atoms with Crippen LogP contribution in [0.4, 0.5) is 0 Å². The van der Waals surface area contributed by atoms with E-state index in [-0.39, 0.29) is 0 Å². The van der Waals surface area contributed by atoms with Gasteiger partial charge in [0.25, 0.3) is 0 Å². The van der Waals surface area contributed by atoms with Gasteiger partial charge in [0.05, 0.1) is 7.11 Å². The van der Waals surface area contributed by atoms with E-state index in [1.807, 2.05) is 11.8 Å². The van der Waals surface area contributed by atoms with Crippen LogP contribution in [-0.4, -0.2) is 19.4 Å². The van der Waals surface area contributed by atoms with Crippen LogP contribution in [-0.2, 0) is 0 Å². The fourth-order valence-corrected chi connectivity index (χ4v) is 2.48. The fraction of sp³-hybridized carbons (Fsp3) is 0.538. The molecule has 1 aromatic carbocycles. The molecule has 0 radical (unpaired) electrons. The molecule has 3 heteroatoms. The van der Waals surface area contributed by atoms with Gasteiger partial charge in [-0.3, -0.25) is 0 Å². The van der Waals surface area contributed by atoms with Crippen molar-refractivity contribution in [3.8, 4) is 5.75 Å². The predicted octanol–water partition coefficient (Wildman–Crippen LogP) is 3.00. The van der Waals surface area contributed by atoms with Gasteiger partial charge in [-0.25, -0.2) is 0 Å². The minimum absolute atomic E-state index is 0.538. The fourth-order valence-electron chi connectivity index (χ4n) is 1.34. The molecule has 0 aliphatic heterocycles. The van der Waals surface area contributed by atoms with E-state index in [0.717, 1.165) is 18.0 Å². The lowest BCUT2D eigenvalue weighted by Crippen LogP contribution is -2.12. The molecule has 0 aliphatic carbocycles. The topological polar surface area (TPSA) is 35.2 Å². The maximum absolute atomic E-state index is 5.62. The van der Waals surface area contributed by atoms with Crippen molar-refractivity contribution in [1.29, 1.82) is 0 Å². The summed E-state index contributed by atoms with van der Waals surface area (Å²) in [6.45, 7) is 7.14. The lowest BCUT2D eigenvalue weighted by atomic mass is 10.1. The Morgan fingerprint density at radius 3 is 2.50 bits per heavy atom. The second-order valence-corrected chi connectivity index (χ2v) is 5.30. The third kappa shape index (κ3) is 3.42. The van der Waals surface area contributed by atoms with Crippen LogP contribution in [0.2, 0.25) is 0 Å². The highest BCUT2D eigenvalue weighted by molar-refractivity contribution is 7.99. The van der Waals surface area contributed by atoms with Crippen molar-refractivity contribution < 1.29 is 4.74 Å². The number of methoxy groups -OCH3 is 1. The number of benzene rings is 1. The number of thioether (sulfide) groups is 1. The van der Waals surface area contributed by atoms with Crippen LogP contribution >= 0.6 is 11.8 Å². The molecule has 1 aromatic rings. The summed E-state index contributed by atoms with van der Waals surface area (Å²) in [6.07, 6.45) is 0. The van der Waals surface area contributed by atoms with Gasteiger partial charge in [0.2, 0.25) is 0 Å². The van der Waals surface area contributed by atoms with E-state index in [1.54, 1.807) is 7.11 Å². The van der Waals surface area contributed by atoms with E-state index in [2.05, 4.69) is 32.9 Å². The molecule has 0 aliphatic rings. The zero-order valence-electron chi connectivity index (χ0n) is 10.5. The van der Waals surface area contributed by atoms with Gasteiger partial charge in [0, 0.05) is 10.6 Å². The summed E-state index contributed by atoms with van der Waals surface area (Å²) in [6, 6.07) is 4.30. The number of hydrogen-bond donors (Lipinski definition) is 1.